The fourth-order valence-corrected chi connectivity index (χ4v) is 2.75. The lowest BCUT2D eigenvalue weighted by molar-refractivity contribution is -0.119. The van der Waals surface area contributed by atoms with Crippen LogP contribution in [0.3, 0.4) is 0 Å². The molecule has 0 aromatic heterocycles. The monoisotopic (exact) mass is 347 g/mol. The Kier molecular flexibility index (Phi) is 6.51. The molecule has 0 atom stereocenters. The molecule has 2 aromatic carbocycles. The van der Waals surface area contributed by atoms with Gasteiger partial charge in [0.05, 0.1) is 12.0 Å². The molecule has 0 unspecified atom stereocenters. The predicted molar refractivity (Wildman–Crippen MR) is 94.1 cm³/mol. The van der Waals surface area contributed by atoms with E-state index in [0.717, 1.165) is 28.7 Å². The summed E-state index contributed by atoms with van der Waals surface area (Å²) in [6, 6.07) is 10.5. The molecule has 0 fully saturated rings. The van der Waals surface area contributed by atoms with Crippen molar-refractivity contribution in [1.29, 1.82) is 0 Å². The number of aryl methyl sites for hydroxylation is 2. The van der Waals surface area contributed by atoms with E-state index in [1.807, 2.05) is 25.1 Å². The lowest BCUT2D eigenvalue weighted by Gasteiger charge is -2.17. The van der Waals surface area contributed by atoms with E-state index in [2.05, 4.69) is 5.32 Å². The van der Waals surface area contributed by atoms with Gasteiger partial charge in [0.15, 0.2) is 0 Å². The van der Waals surface area contributed by atoms with Gasteiger partial charge in [-0.25, -0.2) is 8.78 Å². The molecule has 0 radical (unpaired) electrons. The summed E-state index contributed by atoms with van der Waals surface area (Å²) >= 11 is 0. The number of hydrogen-bond acceptors (Lipinski definition) is 2. The van der Waals surface area contributed by atoms with Crippen LogP contribution in [0.1, 0.15) is 41.2 Å². The van der Waals surface area contributed by atoms with E-state index in [9.17, 15) is 13.6 Å². The zero-order valence-electron chi connectivity index (χ0n) is 14.7. The number of alkyl halides is 2. The highest BCUT2D eigenvalue weighted by Gasteiger charge is 2.16. The van der Waals surface area contributed by atoms with Gasteiger partial charge < -0.3 is 10.1 Å². The van der Waals surface area contributed by atoms with Crippen molar-refractivity contribution in [3.8, 4) is 5.75 Å². The zero-order chi connectivity index (χ0) is 18.4. The summed E-state index contributed by atoms with van der Waals surface area (Å²) in [5.74, 6) is 0.0792. The Morgan fingerprint density at radius 3 is 2.56 bits per heavy atom. The molecule has 0 bridgehead atoms. The average molecular weight is 347 g/mol. The van der Waals surface area contributed by atoms with Crippen LogP contribution in [-0.2, 0) is 24.2 Å². The number of likely N-dealkylation sites (N-methyl/N-ethyl adjacent to an activating group) is 1. The molecule has 3 nitrogen and oxygen atoms in total. The minimum atomic E-state index is -2.60. The molecule has 5 heteroatoms. The Hall–Kier alpha value is -2.43. The van der Waals surface area contributed by atoms with Gasteiger partial charge in [0, 0.05) is 7.05 Å². The van der Waals surface area contributed by atoms with E-state index in [1.165, 1.54) is 6.07 Å². The zero-order valence-corrected chi connectivity index (χ0v) is 14.7. The van der Waals surface area contributed by atoms with Gasteiger partial charge in [-0.1, -0.05) is 36.8 Å². The normalized spacial score (nSPS) is 10.8. The third kappa shape index (κ3) is 4.78. The van der Waals surface area contributed by atoms with Gasteiger partial charge in [0.2, 0.25) is 5.91 Å². The molecule has 1 N–H and O–H groups in total. The first-order chi connectivity index (χ1) is 12.0. The maximum Gasteiger partial charge on any atom is 0.267 e. The molecular formula is C20H23F2NO2. The molecule has 134 valence electrons. The molecule has 0 aliphatic rings. The quantitative estimate of drug-likeness (QED) is 0.808. The Morgan fingerprint density at radius 2 is 1.92 bits per heavy atom. The minimum Gasteiger partial charge on any atom is -0.488 e. The Bertz CT molecular complexity index is 744. The number of hydrogen-bond donors (Lipinski definition) is 1. The standard InChI is InChI=1S/C20H23F2NO2/c1-4-14-6-5-7-15(11-19(24)23-3)17(14)12-25-18-9-8-13(2)10-16(18)20(21)22/h5-10,20H,4,11-12H2,1-3H3,(H,23,24). The first kappa shape index (κ1) is 18.9. The number of halogens is 2. The molecular weight excluding hydrogens is 324 g/mol. The van der Waals surface area contributed by atoms with E-state index in [1.54, 1.807) is 26.1 Å². The van der Waals surface area contributed by atoms with E-state index in [0.29, 0.717) is 0 Å². The Balaban J connectivity index is 2.30. The summed E-state index contributed by atoms with van der Waals surface area (Å²) in [4.78, 5) is 11.7. The maximum absolute atomic E-state index is 13.2. The van der Waals surface area contributed by atoms with E-state index in [-0.39, 0.29) is 30.2 Å². The van der Waals surface area contributed by atoms with Crippen molar-refractivity contribution in [2.45, 2.75) is 39.7 Å². The van der Waals surface area contributed by atoms with Crippen LogP contribution in [0.15, 0.2) is 36.4 Å². The number of rotatable bonds is 7. The van der Waals surface area contributed by atoms with E-state index < -0.39 is 6.43 Å². The second-order valence-corrected chi connectivity index (χ2v) is 5.89. The van der Waals surface area contributed by atoms with E-state index in [4.69, 9.17) is 4.74 Å². The summed E-state index contributed by atoms with van der Waals surface area (Å²) in [5, 5.41) is 2.60. The second-order valence-electron chi connectivity index (χ2n) is 5.89. The van der Waals surface area contributed by atoms with Crippen LogP contribution in [0.2, 0.25) is 0 Å². The second kappa shape index (κ2) is 8.60. The molecule has 2 aromatic rings. The van der Waals surface area contributed by atoms with Gasteiger partial charge in [0.25, 0.3) is 6.43 Å². The van der Waals surface area contributed by atoms with Crippen molar-refractivity contribution in [2.75, 3.05) is 7.05 Å². The number of amides is 1. The maximum atomic E-state index is 13.2. The summed E-state index contributed by atoms with van der Waals surface area (Å²) in [6.45, 7) is 3.93. The number of carbonyl (C=O) groups is 1. The SMILES string of the molecule is CCc1cccc(CC(=O)NC)c1COc1ccc(C)cc1C(F)F. The fraction of sp³-hybridized carbons (Fsp3) is 0.350. The summed E-state index contributed by atoms with van der Waals surface area (Å²) in [6.07, 6.45) is -1.59. The van der Waals surface area contributed by atoms with Crippen LogP contribution in [0.25, 0.3) is 0 Å². The van der Waals surface area contributed by atoms with Crippen LogP contribution in [0.4, 0.5) is 8.78 Å². The first-order valence-corrected chi connectivity index (χ1v) is 8.28. The van der Waals surface area contributed by atoms with Gasteiger partial charge >= 0.3 is 0 Å². The van der Waals surface area contributed by atoms with Crippen LogP contribution >= 0.6 is 0 Å². The van der Waals surface area contributed by atoms with Gasteiger partial charge in [0.1, 0.15) is 12.4 Å². The van der Waals surface area contributed by atoms with Crippen LogP contribution < -0.4 is 10.1 Å². The largest absolute Gasteiger partial charge is 0.488 e. The highest BCUT2D eigenvalue weighted by Crippen LogP contribution is 2.31. The van der Waals surface area contributed by atoms with Gasteiger partial charge in [-0.05, 0) is 42.2 Å². The Labute approximate surface area is 147 Å². The lowest BCUT2D eigenvalue weighted by Crippen LogP contribution is -2.21. The molecule has 0 aliphatic heterocycles. The molecule has 2 rings (SSSR count). The topological polar surface area (TPSA) is 38.3 Å². The van der Waals surface area contributed by atoms with Crippen LogP contribution in [-0.4, -0.2) is 13.0 Å². The Morgan fingerprint density at radius 1 is 1.20 bits per heavy atom. The summed E-state index contributed by atoms with van der Waals surface area (Å²) < 4.78 is 32.2. The smallest absolute Gasteiger partial charge is 0.267 e. The van der Waals surface area contributed by atoms with Gasteiger partial charge in [-0.3, -0.25) is 4.79 Å². The highest BCUT2D eigenvalue weighted by molar-refractivity contribution is 5.78. The van der Waals surface area contributed by atoms with Crippen molar-refractivity contribution in [2.24, 2.45) is 0 Å². The molecule has 0 aliphatic carbocycles. The number of benzene rings is 2. The molecule has 0 saturated heterocycles. The number of ether oxygens (including phenoxy) is 1. The molecule has 0 heterocycles. The molecule has 0 spiro atoms. The summed E-state index contributed by atoms with van der Waals surface area (Å²) in [5.41, 5.74) is 3.43. The third-order valence-corrected chi connectivity index (χ3v) is 4.15. The predicted octanol–water partition coefficient (Wildman–Crippen LogP) is 4.36. The summed E-state index contributed by atoms with van der Waals surface area (Å²) in [7, 11) is 1.59. The van der Waals surface area contributed by atoms with Crippen molar-refractivity contribution in [3.05, 3.63) is 64.2 Å². The fourth-order valence-electron chi connectivity index (χ4n) is 2.75. The molecule has 0 saturated carbocycles. The average Bonchev–Trinajstić information content (AvgIpc) is 2.60. The molecule has 1 amide bonds. The van der Waals surface area contributed by atoms with Crippen LogP contribution in [0.5, 0.6) is 5.75 Å². The lowest BCUT2D eigenvalue weighted by atomic mass is 9.97. The van der Waals surface area contributed by atoms with Crippen molar-refractivity contribution >= 4 is 5.91 Å². The highest BCUT2D eigenvalue weighted by atomic mass is 19.3. The van der Waals surface area contributed by atoms with Gasteiger partial charge in [-0.2, -0.15) is 0 Å². The molecule has 25 heavy (non-hydrogen) atoms. The van der Waals surface area contributed by atoms with Gasteiger partial charge in [-0.15, -0.1) is 0 Å². The third-order valence-electron chi connectivity index (χ3n) is 4.15. The van der Waals surface area contributed by atoms with Crippen molar-refractivity contribution in [1.82, 2.24) is 5.32 Å². The number of nitrogens with one attached hydrogen (secondary N) is 1. The van der Waals surface area contributed by atoms with E-state index >= 15 is 0 Å². The van der Waals surface area contributed by atoms with Crippen molar-refractivity contribution in [3.63, 3.8) is 0 Å². The van der Waals surface area contributed by atoms with Crippen LogP contribution in [0, 0.1) is 6.92 Å². The first-order valence-electron chi connectivity index (χ1n) is 8.28. The van der Waals surface area contributed by atoms with Crippen molar-refractivity contribution < 1.29 is 18.3 Å². The number of carbonyl (C=O) groups excluding carboxylic acids is 1. The minimum absolute atomic E-state index is 0.0990.